The zero-order valence-corrected chi connectivity index (χ0v) is 15.6. The van der Waals surface area contributed by atoms with E-state index >= 15 is 0 Å². The van der Waals surface area contributed by atoms with Gasteiger partial charge in [-0.2, -0.15) is 0 Å². The Morgan fingerprint density at radius 3 is 2.73 bits per heavy atom. The van der Waals surface area contributed by atoms with Crippen LogP contribution in [-0.2, 0) is 16.4 Å². The van der Waals surface area contributed by atoms with Gasteiger partial charge in [0.15, 0.2) is 9.84 Å². The van der Waals surface area contributed by atoms with Crippen molar-refractivity contribution in [2.75, 3.05) is 16.8 Å². The number of sulfone groups is 1. The van der Waals surface area contributed by atoms with E-state index in [-0.39, 0.29) is 29.1 Å². The van der Waals surface area contributed by atoms with Crippen LogP contribution in [0.3, 0.4) is 0 Å². The van der Waals surface area contributed by atoms with E-state index in [1.165, 1.54) is 5.56 Å². The fourth-order valence-corrected chi connectivity index (χ4v) is 4.61. The average molecular weight is 374 g/mol. The molecule has 7 nitrogen and oxygen atoms in total. The van der Waals surface area contributed by atoms with Crippen LogP contribution in [0.25, 0.3) is 0 Å². The number of nitrogens with zero attached hydrogens (tertiary/aromatic N) is 2. The van der Waals surface area contributed by atoms with Crippen LogP contribution in [0.15, 0.2) is 30.3 Å². The first-order valence-electron chi connectivity index (χ1n) is 8.47. The molecule has 2 N–H and O–H groups in total. The van der Waals surface area contributed by atoms with Crippen LogP contribution in [-0.4, -0.2) is 41.8 Å². The SMILES string of the molecule is Cc1cccc(CNc2nc(C)cc(C(=O)NC3CCS(=O)(=O)C3)n2)c1. The molecular weight excluding hydrogens is 352 g/mol. The van der Waals surface area contributed by atoms with Crippen LogP contribution < -0.4 is 10.6 Å². The highest BCUT2D eigenvalue weighted by atomic mass is 32.2. The number of nitrogens with one attached hydrogen (secondary N) is 2. The summed E-state index contributed by atoms with van der Waals surface area (Å²) >= 11 is 0. The number of carbonyl (C=O) groups excluding carboxylic acids is 1. The van der Waals surface area contributed by atoms with E-state index in [0.29, 0.717) is 24.6 Å². The highest BCUT2D eigenvalue weighted by molar-refractivity contribution is 7.91. The summed E-state index contributed by atoms with van der Waals surface area (Å²) in [6.45, 7) is 4.36. The van der Waals surface area contributed by atoms with Gasteiger partial charge in [0.1, 0.15) is 5.69 Å². The molecule has 0 spiro atoms. The molecule has 1 aliphatic heterocycles. The summed E-state index contributed by atoms with van der Waals surface area (Å²) in [5, 5.41) is 5.88. The number of carbonyl (C=O) groups is 1. The Balaban J connectivity index is 1.68. The van der Waals surface area contributed by atoms with Gasteiger partial charge in [0, 0.05) is 18.3 Å². The smallest absolute Gasteiger partial charge is 0.270 e. The Morgan fingerprint density at radius 1 is 1.23 bits per heavy atom. The molecule has 3 rings (SSSR count). The summed E-state index contributed by atoms with van der Waals surface area (Å²) in [6.07, 6.45) is 0.441. The molecule has 0 radical (unpaired) electrons. The van der Waals surface area contributed by atoms with Gasteiger partial charge in [-0.25, -0.2) is 18.4 Å². The van der Waals surface area contributed by atoms with Crippen LogP contribution in [0, 0.1) is 13.8 Å². The third-order valence-corrected chi connectivity index (χ3v) is 5.96. The zero-order chi connectivity index (χ0) is 18.7. The number of benzene rings is 1. The van der Waals surface area contributed by atoms with E-state index in [4.69, 9.17) is 0 Å². The molecule has 26 heavy (non-hydrogen) atoms. The van der Waals surface area contributed by atoms with Crippen molar-refractivity contribution in [3.05, 3.63) is 52.8 Å². The van der Waals surface area contributed by atoms with Crippen LogP contribution >= 0.6 is 0 Å². The Bertz CT molecular complexity index is 928. The molecule has 1 unspecified atom stereocenters. The summed E-state index contributed by atoms with van der Waals surface area (Å²) in [5.41, 5.74) is 3.16. The molecule has 2 heterocycles. The Labute approximate surface area is 153 Å². The summed E-state index contributed by atoms with van der Waals surface area (Å²) < 4.78 is 23.0. The van der Waals surface area contributed by atoms with Gasteiger partial charge in [0.25, 0.3) is 5.91 Å². The predicted molar refractivity (Wildman–Crippen MR) is 99.8 cm³/mol. The normalized spacial score (nSPS) is 18.5. The topological polar surface area (TPSA) is 101 Å². The summed E-state index contributed by atoms with van der Waals surface area (Å²) in [5.74, 6) is 0.0950. The standard InChI is InChI=1S/C18H22N4O3S/c1-12-4-3-5-14(8-12)10-19-18-20-13(2)9-16(22-18)17(23)21-15-6-7-26(24,25)11-15/h3-5,8-9,15H,6-7,10-11H2,1-2H3,(H,21,23)(H,19,20,22). The zero-order valence-electron chi connectivity index (χ0n) is 14.8. The number of hydrogen-bond donors (Lipinski definition) is 2. The third kappa shape index (κ3) is 4.78. The second-order valence-electron chi connectivity index (χ2n) is 6.63. The maximum absolute atomic E-state index is 12.4. The Morgan fingerprint density at radius 2 is 2.04 bits per heavy atom. The highest BCUT2D eigenvalue weighted by Crippen LogP contribution is 2.13. The maximum atomic E-state index is 12.4. The van der Waals surface area contributed by atoms with Crippen molar-refractivity contribution in [2.24, 2.45) is 0 Å². The minimum Gasteiger partial charge on any atom is -0.350 e. The van der Waals surface area contributed by atoms with Crippen LogP contribution in [0.2, 0.25) is 0 Å². The second kappa shape index (κ2) is 7.41. The van der Waals surface area contributed by atoms with E-state index in [1.807, 2.05) is 25.1 Å². The fourth-order valence-electron chi connectivity index (χ4n) is 2.94. The molecular formula is C18H22N4O3S. The fraction of sp³-hybridized carbons (Fsp3) is 0.389. The lowest BCUT2D eigenvalue weighted by molar-refractivity contribution is 0.0936. The van der Waals surface area contributed by atoms with E-state index in [0.717, 1.165) is 5.56 Å². The minimum absolute atomic E-state index is 0.0126. The van der Waals surface area contributed by atoms with Gasteiger partial charge in [0.2, 0.25) is 5.95 Å². The summed E-state index contributed by atoms with van der Waals surface area (Å²) in [6, 6.07) is 9.32. The number of rotatable bonds is 5. The van der Waals surface area contributed by atoms with Crippen molar-refractivity contribution in [3.63, 3.8) is 0 Å². The van der Waals surface area contributed by atoms with Gasteiger partial charge in [-0.05, 0) is 31.9 Å². The minimum atomic E-state index is -3.04. The molecule has 1 saturated heterocycles. The van der Waals surface area contributed by atoms with E-state index < -0.39 is 9.84 Å². The van der Waals surface area contributed by atoms with Gasteiger partial charge >= 0.3 is 0 Å². The van der Waals surface area contributed by atoms with Crippen molar-refractivity contribution < 1.29 is 13.2 Å². The van der Waals surface area contributed by atoms with E-state index in [9.17, 15) is 13.2 Å². The quantitative estimate of drug-likeness (QED) is 0.825. The lowest BCUT2D eigenvalue weighted by Crippen LogP contribution is -2.36. The Hall–Kier alpha value is -2.48. The number of aromatic nitrogens is 2. The largest absolute Gasteiger partial charge is 0.350 e. The Kier molecular flexibility index (Phi) is 5.22. The first-order valence-corrected chi connectivity index (χ1v) is 10.3. The van der Waals surface area contributed by atoms with Gasteiger partial charge in [-0.15, -0.1) is 0 Å². The average Bonchev–Trinajstić information content (AvgIpc) is 2.91. The molecule has 8 heteroatoms. The van der Waals surface area contributed by atoms with E-state index in [2.05, 4.69) is 26.7 Å². The first kappa shape index (κ1) is 18.3. The van der Waals surface area contributed by atoms with Crippen molar-refractivity contribution in [1.29, 1.82) is 0 Å². The van der Waals surface area contributed by atoms with Crippen LogP contribution in [0.1, 0.15) is 33.7 Å². The number of anilines is 1. The molecule has 0 aliphatic carbocycles. The molecule has 1 atom stereocenters. The van der Waals surface area contributed by atoms with E-state index in [1.54, 1.807) is 13.0 Å². The molecule has 0 bridgehead atoms. The molecule has 2 aromatic rings. The predicted octanol–water partition coefficient (Wildman–Crippen LogP) is 1.62. The van der Waals surface area contributed by atoms with Crippen LogP contribution in [0.4, 0.5) is 5.95 Å². The van der Waals surface area contributed by atoms with Crippen molar-refractivity contribution in [2.45, 2.75) is 32.9 Å². The summed E-state index contributed by atoms with van der Waals surface area (Å²) in [7, 11) is -3.04. The molecule has 1 aliphatic rings. The van der Waals surface area contributed by atoms with Crippen molar-refractivity contribution >= 4 is 21.7 Å². The summed E-state index contributed by atoms with van der Waals surface area (Å²) in [4.78, 5) is 21.0. The maximum Gasteiger partial charge on any atom is 0.270 e. The lowest BCUT2D eigenvalue weighted by atomic mass is 10.1. The molecule has 0 saturated carbocycles. The first-order chi connectivity index (χ1) is 12.3. The van der Waals surface area contributed by atoms with Crippen LogP contribution in [0.5, 0.6) is 0 Å². The monoisotopic (exact) mass is 374 g/mol. The number of hydrogen-bond acceptors (Lipinski definition) is 6. The molecule has 1 fully saturated rings. The van der Waals surface area contributed by atoms with Gasteiger partial charge < -0.3 is 10.6 Å². The van der Waals surface area contributed by atoms with Gasteiger partial charge in [0.05, 0.1) is 11.5 Å². The van der Waals surface area contributed by atoms with Gasteiger partial charge in [-0.3, -0.25) is 4.79 Å². The molecule has 1 aromatic heterocycles. The third-order valence-electron chi connectivity index (χ3n) is 4.19. The van der Waals surface area contributed by atoms with Gasteiger partial charge in [-0.1, -0.05) is 29.8 Å². The molecule has 1 amide bonds. The lowest BCUT2D eigenvalue weighted by Gasteiger charge is -2.12. The molecule has 1 aromatic carbocycles. The number of amides is 1. The molecule has 138 valence electrons. The second-order valence-corrected chi connectivity index (χ2v) is 8.86. The van der Waals surface area contributed by atoms with Crippen molar-refractivity contribution in [1.82, 2.24) is 15.3 Å². The number of aryl methyl sites for hydroxylation is 2. The highest BCUT2D eigenvalue weighted by Gasteiger charge is 2.29. The van der Waals surface area contributed by atoms with Crippen molar-refractivity contribution in [3.8, 4) is 0 Å².